The van der Waals surface area contributed by atoms with Gasteiger partial charge in [-0.2, -0.15) is 0 Å². The second kappa shape index (κ2) is 5.90. The summed E-state index contributed by atoms with van der Waals surface area (Å²) in [6.45, 7) is 2.11. The molecule has 0 amide bonds. The smallest absolute Gasteiger partial charge is 0.107 e. The minimum Gasteiger partial charge on any atom is -0.310 e. The van der Waals surface area contributed by atoms with E-state index in [1.807, 2.05) is 6.07 Å². The first-order chi connectivity index (χ1) is 10.4. The molecule has 21 heavy (non-hydrogen) atoms. The van der Waals surface area contributed by atoms with Gasteiger partial charge in [-0.1, -0.05) is 30.3 Å². The summed E-state index contributed by atoms with van der Waals surface area (Å²) < 4.78 is 0. The largest absolute Gasteiger partial charge is 0.310 e. The van der Waals surface area contributed by atoms with Crippen LogP contribution in [0.15, 0.2) is 35.7 Å². The van der Waals surface area contributed by atoms with Crippen molar-refractivity contribution >= 4 is 11.3 Å². The highest BCUT2D eigenvalue weighted by atomic mass is 32.1. The van der Waals surface area contributed by atoms with Gasteiger partial charge in [-0.3, -0.25) is 0 Å². The summed E-state index contributed by atoms with van der Waals surface area (Å²) in [5.41, 5.74) is 2.33. The average Bonchev–Trinajstić information content (AvgIpc) is 3.45. The molecule has 3 heteroatoms. The van der Waals surface area contributed by atoms with Crippen molar-refractivity contribution in [2.24, 2.45) is 17.8 Å². The van der Waals surface area contributed by atoms with Gasteiger partial charge < -0.3 is 5.32 Å². The maximum atomic E-state index is 4.75. The Bertz CT molecular complexity index is 572. The quantitative estimate of drug-likeness (QED) is 0.822. The molecule has 0 unspecified atom stereocenters. The lowest BCUT2D eigenvalue weighted by Crippen LogP contribution is -2.25. The van der Waals surface area contributed by atoms with Crippen LogP contribution < -0.4 is 5.32 Å². The highest BCUT2D eigenvalue weighted by molar-refractivity contribution is 7.09. The van der Waals surface area contributed by atoms with E-state index >= 15 is 0 Å². The number of hydrogen-bond acceptors (Lipinski definition) is 3. The first-order valence-electron chi connectivity index (χ1n) is 8.10. The Morgan fingerprint density at radius 3 is 2.48 bits per heavy atom. The van der Waals surface area contributed by atoms with E-state index in [9.17, 15) is 0 Å². The van der Waals surface area contributed by atoms with Crippen LogP contribution in [0, 0.1) is 17.8 Å². The Kier molecular flexibility index (Phi) is 3.78. The molecule has 2 fully saturated rings. The number of nitrogens with zero attached hydrogens (tertiary/aromatic N) is 1. The van der Waals surface area contributed by atoms with Crippen molar-refractivity contribution in [2.75, 3.05) is 6.54 Å². The summed E-state index contributed by atoms with van der Waals surface area (Å²) in [6, 6.07) is 10.4. The third-order valence-corrected chi connectivity index (χ3v) is 5.58. The average molecular weight is 298 g/mol. The van der Waals surface area contributed by atoms with Crippen LogP contribution >= 0.6 is 11.3 Å². The van der Waals surface area contributed by atoms with Crippen LogP contribution in [-0.4, -0.2) is 11.5 Å². The molecule has 2 nitrogen and oxygen atoms in total. The fourth-order valence-corrected chi connectivity index (χ4v) is 4.02. The predicted octanol–water partition coefficient (Wildman–Crippen LogP) is 4.34. The van der Waals surface area contributed by atoms with Crippen molar-refractivity contribution in [3.8, 4) is 11.3 Å². The Labute approximate surface area is 130 Å². The van der Waals surface area contributed by atoms with Gasteiger partial charge in [0, 0.05) is 17.5 Å². The maximum absolute atomic E-state index is 4.75. The van der Waals surface area contributed by atoms with Crippen molar-refractivity contribution in [2.45, 2.75) is 32.2 Å². The van der Waals surface area contributed by atoms with E-state index in [1.54, 1.807) is 11.3 Å². The molecule has 2 aromatic rings. The second-order valence-electron chi connectivity index (χ2n) is 6.46. The molecule has 1 aromatic carbocycles. The van der Waals surface area contributed by atoms with Crippen LogP contribution in [0.2, 0.25) is 0 Å². The third kappa shape index (κ3) is 3.35. The van der Waals surface area contributed by atoms with Crippen LogP contribution in [0.1, 0.15) is 30.7 Å². The molecule has 2 aliphatic carbocycles. The molecule has 0 radical (unpaired) electrons. The van der Waals surface area contributed by atoms with E-state index in [1.165, 1.54) is 42.8 Å². The van der Waals surface area contributed by atoms with E-state index in [2.05, 4.69) is 35.0 Å². The number of rotatable bonds is 7. The van der Waals surface area contributed by atoms with Gasteiger partial charge in [0.1, 0.15) is 5.01 Å². The van der Waals surface area contributed by atoms with Gasteiger partial charge in [-0.05, 0) is 50.0 Å². The van der Waals surface area contributed by atoms with Crippen LogP contribution in [0.25, 0.3) is 11.3 Å². The Morgan fingerprint density at radius 1 is 1.10 bits per heavy atom. The van der Waals surface area contributed by atoms with Crippen molar-refractivity contribution in [3.63, 3.8) is 0 Å². The molecule has 1 heterocycles. The third-order valence-electron chi connectivity index (χ3n) is 4.73. The highest BCUT2D eigenvalue weighted by Gasteiger charge is 2.40. The molecule has 0 saturated heterocycles. The number of hydrogen-bond donors (Lipinski definition) is 1. The van der Waals surface area contributed by atoms with Gasteiger partial charge in [-0.25, -0.2) is 4.98 Å². The highest BCUT2D eigenvalue weighted by Crippen LogP contribution is 2.48. The molecular formula is C18H22N2S. The van der Waals surface area contributed by atoms with Crippen molar-refractivity contribution in [1.29, 1.82) is 0 Å². The summed E-state index contributed by atoms with van der Waals surface area (Å²) in [5.74, 6) is 3.00. The lowest BCUT2D eigenvalue weighted by atomic mass is 9.98. The summed E-state index contributed by atoms with van der Waals surface area (Å²) in [6.07, 6.45) is 5.88. The molecule has 4 rings (SSSR count). The van der Waals surface area contributed by atoms with Crippen LogP contribution in [0.5, 0.6) is 0 Å². The van der Waals surface area contributed by atoms with Gasteiger partial charge >= 0.3 is 0 Å². The van der Waals surface area contributed by atoms with E-state index < -0.39 is 0 Å². The first kappa shape index (κ1) is 13.5. The van der Waals surface area contributed by atoms with Crippen LogP contribution in [-0.2, 0) is 6.54 Å². The SMILES string of the molecule is c1ccc(-c2csc(CNCC(C3CC3)C3CC3)n2)cc1. The monoisotopic (exact) mass is 298 g/mol. The van der Waals surface area contributed by atoms with Crippen molar-refractivity contribution < 1.29 is 0 Å². The van der Waals surface area contributed by atoms with Crippen molar-refractivity contribution in [3.05, 3.63) is 40.7 Å². The van der Waals surface area contributed by atoms with E-state index in [0.717, 1.165) is 30.0 Å². The topological polar surface area (TPSA) is 24.9 Å². The summed E-state index contributed by atoms with van der Waals surface area (Å²) in [7, 11) is 0. The Balaban J connectivity index is 1.32. The zero-order valence-electron chi connectivity index (χ0n) is 12.3. The lowest BCUT2D eigenvalue weighted by molar-refractivity contribution is 0.378. The zero-order valence-corrected chi connectivity index (χ0v) is 13.1. The van der Waals surface area contributed by atoms with E-state index in [4.69, 9.17) is 4.98 Å². The molecule has 0 bridgehead atoms. The summed E-state index contributed by atoms with van der Waals surface area (Å²) in [5, 5.41) is 7.04. The number of benzene rings is 1. The van der Waals surface area contributed by atoms with Gasteiger partial charge in [0.25, 0.3) is 0 Å². The summed E-state index contributed by atoms with van der Waals surface area (Å²) >= 11 is 1.77. The van der Waals surface area contributed by atoms with Crippen LogP contribution in [0.4, 0.5) is 0 Å². The van der Waals surface area contributed by atoms with E-state index in [-0.39, 0.29) is 0 Å². The molecule has 0 spiro atoms. The fraction of sp³-hybridized carbons (Fsp3) is 0.500. The number of thiazole rings is 1. The van der Waals surface area contributed by atoms with Crippen molar-refractivity contribution in [1.82, 2.24) is 10.3 Å². The molecule has 0 atom stereocenters. The lowest BCUT2D eigenvalue weighted by Gasteiger charge is -2.15. The molecular weight excluding hydrogens is 276 g/mol. The predicted molar refractivity (Wildman–Crippen MR) is 88.2 cm³/mol. The zero-order chi connectivity index (χ0) is 14.1. The minimum atomic E-state index is 0.924. The maximum Gasteiger partial charge on any atom is 0.107 e. The van der Waals surface area contributed by atoms with Gasteiger partial charge in [-0.15, -0.1) is 11.3 Å². The summed E-state index contributed by atoms with van der Waals surface area (Å²) in [4.78, 5) is 4.75. The second-order valence-corrected chi connectivity index (χ2v) is 7.40. The fourth-order valence-electron chi connectivity index (χ4n) is 3.25. The number of aromatic nitrogens is 1. The Hall–Kier alpha value is -1.19. The van der Waals surface area contributed by atoms with Gasteiger partial charge in [0.15, 0.2) is 0 Å². The molecule has 2 saturated carbocycles. The molecule has 1 aromatic heterocycles. The normalized spacial score (nSPS) is 18.3. The standard InChI is InChI=1S/C18H22N2S/c1-2-4-15(5-3-1)17-12-21-18(20-17)11-19-10-16(13-6-7-13)14-8-9-14/h1-5,12-14,16,19H,6-11H2. The molecule has 110 valence electrons. The van der Waals surface area contributed by atoms with Crippen LogP contribution in [0.3, 0.4) is 0 Å². The minimum absolute atomic E-state index is 0.924. The van der Waals surface area contributed by atoms with Gasteiger partial charge in [0.2, 0.25) is 0 Å². The molecule has 1 N–H and O–H groups in total. The van der Waals surface area contributed by atoms with E-state index in [0.29, 0.717) is 0 Å². The molecule has 0 aliphatic heterocycles. The molecule has 2 aliphatic rings. The first-order valence-corrected chi connectivity index (χ1v) is 8.98. The van der Waals surface area contributed by atoms with Gasteiger partial charge in [0.05, 0.1) is 5.69 Å². The number of nitrogens with one attached hydrogen (secondary N) is 1. The Morgan fingerprint density at radius 2 is 1.81 bits per heavy atom.